The SMILES string of the molecule is COC(=O)[C@H]1C[C@@](CC(C)C)(C(=O)OC(C)(C)C)N(C(=O)c2ccc(C(C)(C)C)c(OC)c2)[C@H]1c1cc(C)on1. The second kappa shape index (κ2) is 11.3. The topological polar surface area (TPSA) is 108 Å². The van der Waals surface area contributed by atoms with E-state index in [1.165, 1.54) is 12.0 Å². The van der Waals surface area contributed by atoms with Gasteiger partial charge in [0.05, 0.1) is 26.2 Å². The lowest BCUT2D eigenvalue weighted by molar-refractivity contribution is -0.168. The normalized spacial score (nSPS) is 21.4. The molecule has 2 aromatic rings. The highest BCUT2D eigenvalue weighted by Gasteiger charge is 2.62. The van der Waals surface area contributed by atoms with Crippen LogP contribution in [0.15, 0.2) is 28.8 Å². The molecule has 1 aromatic heterocycles. The number of aromatic nitrogens is 1. The van der Waals surface area contributed by atoms with Gasteiger partial charge < -0.3 is 23.6 Å². The molecule has 9 nitrogen and oxygen atoms in total. The van der Waals surface area contributed by atoms with Crippen LogP contribution in [0.2, 0.25) is 0 Å². The highest BCUT2D eigenvalue weighted by Crippen LogP contribution is 2.51. The van der Waals surface area contributed by atoms with Gasteiger partial charge in [-0.1, -0.05) is 45.8 Å². The van der Waals surface area contributed by atoms with Crippen molar-refractivity contribution >= 4 is 17.8 Å². The number of ether oxygens (including phenoxy) is 3. The number of methoxy groups -OCH3 is 2. The number of rotatable bonds is 7. The van der Waals surface area contributed by atoms with Crippen molar-refractivity contribution in [2.24, 2.45) is 11.8 Å². The van der Waals surface area contributed by atoms with E-state index >= 15 is 0 Å². The van der Waals surface area contributed by atoms with Crippen molar-refractivity contribution in [2.75, 3.05) is 14.2 Å². The van der Waals surface area contributed by atoms with Crippen LogP contribution in [0.4, 0.5) is 0 Å². The molecule has 1 fully saturated rings. The molecule has 40 heavy (non-hydrogen) atoms. The van der Waals surface area contributed by atoms with E-state index in [0.29, 0.717) is 22.8 Å². The number of likely N-dealkylation sites (tertiary alicyclic amines) is 1. The van der Waals surface area contributed by atoms with Crippen molar-refractivity contribution in [3.8, 4) is 5.75 Å². The first-order valence-corrected chi connectivity index (χ1v) is 13.7. The van der Waals surface area contributed by atoms with Gasteiger partial charge in [0.15, 0.2) is 0 Å². The van der Waals surface area contributed by atoms with Crippen molar-refractivity contribution in [2.45, 2.75) is 97.8 Å². The quantitative estimate of drug-likeness (QED) is 0.394. The summed E-state index contributed by atoms with van der Waals surface area (Å²) in [5.74, 6) is -1.38. The third kappa shape index (κ3) is 6.18. The summed E-state index contributed by atoms with van der Waals surface area (Å²) in [6.45, 7) is 17.2. The van der Waals surface area contributed by atoms with Gasteiger partial charge in [0.1, 0.15) is 28.3 Å². The Kier molecular flexibility index (Phi) is 8.77. The van der Waals surface area contributed by atoms with Crippen molar-refractivity contribution in [3.63, 3.8) is 0 Å². The summed E-state index contributed by atoms with van der Waals surface area (Å²) in [7, 11) is 2.86. The lowest BCUT2D eigenvalue weighted by Crippen LogP contribution is -2.56. The molecule has 0 radical (unpaired) electrons. The van der Waals surface area contributed by atoms with E-state index in [1.807, 2.05) is 19.9 Å². The molecular weight excluding hydrogens is 512 g/mol. The first-order valence-electron chi connectivity index (χ1n) is 13.7. The summed E-state index contributed by atoms with van der Waals surface area (Å²) in [4.78, 5) is 43.6. The fraction of sp³-hybridized carbons (Fsp3) is 0.613. The number of carbonyl (C=O) groups is 3. The molecule has 0 N–H and O–H groups in total. The number of amides is 1. The zero-order valence-corrected chi connectivity index (χ0v) is 25.7. The van der Waals surface area contributed by atoms with Gasteiger partial charge in [-0.05, 0) is 69.6 Å². The third-order valence-electron chi connectivity index (χ3n) is 7.13. The van der Waals surface area contributed by atoms with Crippen LogP contribution >= 0.6 is 0 Å². The number of carbonyl (C=O) groups excluding carboxylic acids is 3. The Hall–Kier alpha value is -3.36. The standard InChI is InChI=1S/C31H44N2O7/c1-18(2)16-31(28(36)39-30(7,8)9)17-21(27(35)38-11)25(23-14-19(3)40-32-23)33(31)26(34)20-12-13-22(29(4,5)6)24(15-20)37-10/h12-15,18,21,25H,16-17H2,1-11H3/t21-,25+,31-/m0/s1. The minimum atomic E-state index is -1.47. The van der Waals surface area contributed by atoms with E-state index in [-0.39, 0.29) is 24.2 Å². The van der Waals surface area contributed by atoms with Gasteiger partial charge in [-0.3, -0.25) is 9.59 Å². The van der Waals surface area contributed by atoms with E-state index in [4.69, 9.17) is 18.7 Å². The number of hydrogen-bond acceptors (Lipinski definition) is 8. The zero-order valence-electron chi connectivity index (χ0n) is 25.7. The minimum absolute atomic E-state index is 0.0169. The zero-order chi connectivity index (χ0) is 30.2. The number of nitrogens with zero attached hydrogens (tertiary/aromatic N) is 2. The minimum Gasteiger partial charge on any atom is -0.496 e. The fourth-order valence-corrected chi connectivity index (χ4v) is 5.65. The lowest BCUT2D eigenvalue weighted by Gasteiger charge is -2.41. The molecule has 220 valence electrons. The molecule has 0 spiro atoms. The number of aryl methyl sites for hydroxylation is 1. The van der Waals surface area contributed by atoms with Crippen molar-refractivity contribution in [1.29, 1.82) is 0 Å². The summed E-state index contributed by atoms with van der Waals surface area (Å²) < 4.78 is 22.2. The molecule has 3 atom stereocenters. The maximum atomic E-state index is 14.6. The molecule has 1 aliphatic heterocycles. The van der Waals surface area contributed by atoms with Gasteiger partial charge in [-0.2, -0.15) is 0 Å². The van der Waals surface area contributed by atoms with Gasteiger partial charge in [-0.25, -0.2) is 4.79 Å². The monoisotopic (exact) mass is 556 g/mol. The van der Waals surface area contributed by atoms with Gasteiger partial charge >= 0.3 is 11.9 Å². The van der Waals surface area contributed by atoms with Gasteiger partial charge in [-0.15, -0.1) is 0 Å². The predicted octanol–water partition coefficient (Wildman–Crippen LogP) is 5.79. The molecule has 0 unspecified atom stereocenters. The smallest absolute Gasteiger partial charge is 0.332 e. The maximum absolute atomic E-state index is 14.6. The molecule has 1 amide bonds. The van der Waals surface area contributed by atoms with E-state index in [0.717, 1.165) is 5.56 Å². The Morgan fingerprint density at radius 1 is 1.10 bits per heavy atom. The van der Waals surface area contributed by atoms with E-state index in [1.54, 1.807) is 53.0 Å². The molecule has 9 heteroatoms. The van der Waals surface area contributed by atoms with E-state index < -0.39 is 40.9 Å². The van der Waals surface area contributed by atoms with Crippen molar-refractivity contribution in [1.82, 2.24) is 10.1 Å². The lowest BCUT2D eigenvalue weighted by atomic mass is 9.83. The molecule has 1 aliphatic rings. The fourth-order valence-electron chi connectivity index (χ4n) is 5.65. The van der Waals surface area contributed by atoms with Crippen LogP contribution < -0.4 is 4.74 Å². The molecular formula is C31H44N2O7. The Balaban J connectivity index is 2.32. The van der Waals surface area contributed by atoms with Crippen LogP contribution in [0.25, 0.3) is 0 Å². The summed E-state index contributed by atoms with van der Waals surface area (Å²) in [6.07, 6.45) is 0.290. The van der Waals surface area contributed by atoms with Crippen molar-refractivity contribution in [3.05, 3.63) is 46.8 Å². The molecule has 1 saturated heterocycles. The largest absolute Gasteiger partial charge is 0.496 e. The molecule has 0 aliphatic carbocycles. The van der Waals surface area contributed by atoms with Gasteiger partial charge in [0, 0.05) is 11.6 Å². The van der Waals surface area contributed by atoms with Crippen molar-refractivity contribution < 1.29 is 33.1 Å². The molecule has 2 heterocycles. The Bertz CT molecular complexity index is 1250. The summed E-state index contributed by atoms with van der Waals surface area (Å²) in [5, 5.41) is 4.20. The van der Waals surface area contributed by atoms with Crippen LogP contribution in [-0.2, 0) is 24.5 Å². The summed E-state index contributed by atoms with van der Waals surface area (Å²) >= 11 is 0. The Morgan fingerprint density at radius 2 is 1.75 bits per heavy atom. The summed E-state index contributed by atoms with van der Waals surface area (Å²) in [6, 6.07) is 6.06. The van der Waals surface area contributed by atoms with Gasteiger partial charge in [0.25, 0.3) is 5.91 Å². The second-order valence-corrected chi connectivity index (χ2v) is 13.1. The first-order chi connectivity index (χ1) is 18.4. The van der Waals surface area contributed by atoms with E-state index in [9.17, 15) is 14.4 Å². The highest BCUT2D eigenvalue weighted by atomic mass is 16.6. The molecule has 1 aromatic carbocycles. The van der Waals surface area contributed by atoms with Crippen LogP contribution in [0.1, 0.15) is 102 Å². The molecule has 0 bridgehead atoms. The second-order valence-electron chi connectivity index (χ2n) is 13.1. The van der Waals surface area contributed by atoms with Crippen LogP contribution in [0, 0.1) is 18.8 Å². The van der Waals surface area contributed by atoms with Crippen LogP contribution in [-0.4, -0.2) is 53.3 Å². The Labute approximate surface area is 237 Å². The highest BCUT2D eigenvalue weighted by molar-refractivity contribution is 6.00. The number of esters is 2. The van der Waals surface area contributed by atoms with Crippen LogP contribution in [0.3, 0.4) is 0 Å². The van der Waals surface area contributed by atoms with Crippen LogP contribution in [0.5, 0.6) is 5.75 Å². The molecule has 3 rings (SSSR count). The Morgan fingerprint density at radius 3 is 2.23 bits per heavy atom. The average Bonchev–Trinajstić information content (AvgIpc) is 3.42. The van der Waals surface area contributed by atoms with E-state index in [2.05, 4.69) is 25.9 Å². The first kappa shape index (κ1) is 31.2. The summed E-state index contributed by atoms with van der Waals surface area (Å²) in [5.41, 5.74) is -0.896. The number of hydrogen-bond donors (Lipinski definition) is 0. The number of benzene rings is 1. The predicted molar refractivity (Wildman–Crippen MR) is 150 cm³/mol. The van der Waals surface area contributed by atoms with Gasteiger partial charge in [0.2, 0.25) is 0 Å². The average molecular weight is 557 g/mol. The molecule has 0 saturated carbocycles. The third-order valence-corrected chi connectivity index (χ3v) is 7.13. The maximum Gasteiger partial charge on any atom is 0.332 e.